The fourth-order valence-electron chi connectivity index (χ4n) is 18.6. The molecule has 1 aliphatic carbocycles. The highest BCUT2D eigenvalue weighted by molar-refractivity contribution is 5.91. The molecule has 11 aliphatic heterocycles. The molecule has 616 valence electrons. The Morgan fingerprint density at radius 1 is 0.454 bits per heavy atom. The number of fused-ring (bicyclic) bond motifs is 15. The molecule has 1 spiro atoms. The van der Waals surface area contributed by atoms with Crippen LogP contribution >= 0.6 is 0 Å². The predicted molar refractivity (Wildman–Crippen MR) is 440 cm³/mol. The van der Waals surface area contributed by atoms with Crippen LogP contribution in [-0.2, 0) is 81.7 Å². The molecule has 0 amide bonds. The first-order chi connectivity index (χ1) is 57.4. The van der Waals surface area contributed by atoms with Gasteiger partial charge in [-0.05, 0) is 118 Å². The molecule has 38 nitrogen and oxygen atoms in total. The number of nitrogen functional groups attached to an aromatic ring is 3. The molecular weight excluding hydrogens is 1520 g/mol. The number of H-pyrrole nitrogens is 1. The highest BCUT2D eigenvalue weighted by Gasteiger charge is 2.50. The molecule has 24 heterocycles. The van der Waals surface area contributed by atoms with Crippen LogP contribution < -0.4 is 36.8 Å². The van der Waals surface area contributed by atoms with E-state index in [1.165, 1.54) is 12.8 Å². The van der Waals surface area contributed by atoms with Gasteiger partial charge in [0, 0.05) is 139 Å². The SMILES string of the molecule is CC1(C)OCCn2c1nc1c(N3CC4(CCCO4)C3)nc(-c3cnc(N)nc3)nc12.CC1(C)OCCn2c1nc1c(N3CC4CCOC4C3)nc(-c3cnc(N)nc3)nc12.COC1CN(c2nc(-c3cnc4nc[nH]c4c3)nc3c2nc2n3CCOC2(C)C)C1.Cc1cc(-c2nc(N3CC4CC3C4)c3nc4n(c3n2)CCOC4(C)C)cnc1N. The Bertz CT molecular complexity index is 6140. The number of nitrogens with zero attached hydrogens (tertiary/aromatic N) is 27. The first-order valence-corrected chi connectivity index (χ1v) is 41.1. The maximum absolute atomic E-state index is 6.02. The fraction of sp³-hybridized carbons (Fsp3) is 0.519. The first-order valence-electron chi connectivity index (χ1n) is 41.1. The first kappa shape index (κ1) is 75.0. The third-order valence-electron chi connectivity index (χ3n) is 25.1. The van der Waals surface area contributed by atoms with Gasteiger partial charge in [0.15, 0.2) is 96.9 Å². The number of rotatable bonds is 9. The lowest BCUT2D eigenvalue weighted by atomic mass is 9.86. The van der Waals surface area contributed by atoms with Crippen LogP contribution in [0.5, 0.6) is 0 Å². The Balaban J connectivity index is 0.0000000984. The van der Waals surface area contributed by atoms with Gasteiger partial charge in [-0.2, -0.15) is 0 Å². The summed E-state index contributed by atoms with van der Waals surface area (Å²) in [5.74, 6) is 11.7. The largest absolute Gasteiger partial charge is 0.383 e. The fourth-order valence-corrected chi connectivity index (χ4v) is 18.6. The predicted octanol–water partition coefficient (Wildman–Crippen LogP) is 7.36. The normalized spacial score (nSPS) is 22.5. The molecule has 13 aromatic heterocycles. The molecular formula is C81H95N31O7. The van der Waals surface area contributed by atoms with E-state index in [1.807, 2.05) is 60.6 Å². The van der Waals surface area contributed by atoms with Crippen LogP contribution in [0.3, 0.4) is 0 Å². The van der Waals surface area contributed by atoms with E-state index in [9.17, 15) is 0 Å². The van der Waals surface area contributed by atoms with Crippen LogP contribution in [0.4, 0.5) is 41.0 Å². The zero-order chi connectivity index (χ0) is 81.3. The Hall–Kier alpha value is -11.6. The average molecular weight is 1610 g/mol. The molecule has 2 unspecified atom stereocenters. The number of aromatic nitrogens is 24. The number of imidazole rings is 5. The van der Waals surface area contributed by atoms with E-state index in [0.717, 1.165) is 215 Å². The molecule has 1 saturated carbocycles. The average Bonchev–Trinajstić information content (AvgIpc) is 1.59. The van der Waals surface area contributed by atoms with Crippen molar-refractivity contribution in [2.24, 2.45) is 11.8 Å². The third kappa shape index (κ3) is 13.0. The Morgan fingerprint density at radius 3 is 1.35 bits per heavy atom. The molecule has 13 aromatic rings. The van der Waals surface area contributed by atoms with Crippen molar-refractivity contribution < 1.29 is 33.2 Å². The van der Waals surface area contributed by atoms with Crippen molar-refractivity contribution >= 4 is 96.8 Å². The van der Waals surface area contributed by atoms with Gasteiger partial charge in [0.2, 0.25) is 11.9 Å². The molecule has 2 bridgehead atoms. The molecule has 12 aliphatic rings. The van der Waals surface area contributed by atoms with Gasteiger partial charge in [0.25, 0.3) is 0 Å². The molecule has 2 atom stereocenters. The smallest absolute Gasteiger partial charge is 0.219 e. The lowest BCUT2D eigenvalue weighted by molar-refractivity contribution is -0.0532. The summed E-state index contributed by atoms with van der Waals surface area (Å²) >= 11 is 0. The summed E-state index contributed by atoms with van der Waals surface area (Å²) in [5, 5.41) is 0. The van der Waals surface area contributed by atoms with Crippen LogP contribution in [0.25, 0.3) is 101 Å². The summed E-state index contributed by atoms with van der Waals surface area (Å²) in [6.45, 7) is 31.4. The number of nitrogens with one attached hydrogen (secondary N) is 1. The summed E-state index contributed by atoms with van der Waals surface area (Å²) in [5.41, 5.74) is 27.6. The number of nitrogens with two attached hydrogens (primary N) is 3. The van der Waals surface area contributed by atoms with Crippen molar-refractivity contribution in [2.45, 2.75) is 167 Å². The third-order valence-corrected chi connectivity index (χ3v) is 25.1. The standard InChI is InChI=1S/C21H25N7O.C20H22N8O2.2C20H24N8O2/c1-11-6-13(9-23-16(11)22)17-25-18-15(19(26-17)28-10-12-7-14(28)8-12)24-20-21(2,3)29-5-4-27(18)20;1-20(2)19-24-14-17(27-8-12(9-27)29-3)25-15(26-18(14)28(19)4-5-30-20)11-6-13-16(21-7-11)23-10-22-13;1-20(2)18-24-14-16(27-9-11-3-5-29-13(11)10-27)25-15(12-7-22-19(21)23-8-12)26-17(14)28(18)4-6-30-20;1-19(2)17-24-13-15(27-10-20(11-27)4-3-6-30-20)25-14(12-8-22-18(21)23-9-12)26-16(13)28(17)5-7-29-19/h6,9,12,14H,4-5,7-8,10H2,1-3H3,(H2,22,23);6-7,10,12H,4-5,8-9H2,1-3H3,(H,21,22,23);7-8,11,13H,3-6,9-10H2,1-2H3,(H2,21,22,23);8-9H,3-7,10-11H2,1-2H3,(H2,21,22,23). The topological polar surface area (TPSA) is 436 Å². The minimum absolute atomic E-state index is 0.0382. The number of aryl methyl sites for hydroxylation is 1. The second-order valence-electron chi connectivity index (χ2n) is 34.8. The molecule has 7 saturated heterocycles. The van der Waals surface area contributed by atoms with E-state index >= 15 is 0 Å². The van der Waals surface area contributed by atoms with Crippen LogP contribution in [0.15, 0.2) is 55.6 Å². The van der Waals surface area contributed by atoms with Crippen molar-refractivity contribution in [3.8, 4) is 45.6 Å². The Kier molecular flexibility index (Phi) is 17.7. The minimum Gasteiger partial charge on any atom is -0.383 e. The Morgan fingerprint density at radius 2 is 0.899 bits per heavy atom. The van der Waals surface area contributed by atoms with Crippen LogP contribution in [0.2, 0.25) is 0 Å². The number of ether oxygens (including phenoxy) is 7. The van der Waals surface area contributed by atoms with Gasteiger partial charge in [0.05, 0.1) is 74.7 Å². The van der Waals surface area contributed by atoms with Gasteiger partial charge >= 0.3 is 0 Å². The van der Waals surface area contributed by atoms with E-state index in [4.69, 9.17) is 110 Å². The molecule has 119 heavy (non-hydrogen) atoms. The maximum atomic E-state index is 6.02. The summed E-state index contributed by atoms with van der Waals surface area (Å²) in [6, 6.07) is 4.56. The van der Waals surface area contributed by atoms with Gasteiger partial charge < -0.3 is 93.2 Å². The van der Waals surface area contributed by atoms with E-state index in [-0.39, 0.29) is 29.7 Å². The van der Waals surface area contributed by atoms with Crippen molar-refractivity contribution in [1.29, 1.82) is 0 Å². The number of anilines is 7. The van der Waals surface area contributed by atoms with Gasteiger partial charge in [-0.15, -0.1) is 0 Å². The lowest BCUT2D eigenvalue weighted by Gasteiger charge is -2.47. The summed E-state index contributed by atoms with van der Waals surface area (Å²) in [4.78, 5) is 101. The maximum Gasteiger partial charge on any atom is 0.219 e. The summed E-state index contributed by atoms with van der Waals surface area (Å²) in [6.07, 6.45) is 18.1. The van der Waals surface area contributed by atoms with Crippen molar-refractivity contribution in [3.05, 3.63) is 84.5 Å². The zero-order valence-corrected chi connectivity index (χ0v) is 68.3. The van der Waals surface area contributed by atoms with E-state index in [0.29, 0.717) is 92.8 Å². The van der Waals surface area contributed by atoms with Gasteiger partial charge in [0.1, 0.15) is 57.1 Å². The van der Waals surface area contributed by atoms with Crippen LogP contribution in [0.1, 0.15) is 116 Å². The molecule has 25 rings (SSSR count). The number of hydrogen-bond donors (Lipinski definition) is 4. The highest BCUT2D eigenvalue weighted by atomic mass is 16.5. The van der Waals surface area contributed by atoms with Crippen molar-refractivity contribution in [1.82, 2.24) is 118 Å². The number of methoxy groups -OCH3 is 1. The van der Waals surface area contributed by atoms with Gasteiger partial charge in [-0.1, -0.05) is 0 Å². The van der Waals surface area contributed by atoms with Gasteiger partial charge in [-0.25, -0.2) is 94.7 Å². The van der Waals surface area contributed by atoms with Gasteiger partial charge in [-0.3, -0.25) is 0 Å². The Labute approximate surface area is 682 Å². The molecule has 7 N–H and O–H groups in total. The number of pyridine rings is 2. The van der Waals surface area contributed by atoms with Crippen molar-refractivity contribution in [2.75, 3.05) is 129 Å². The number of aromatic amines is 1. The second-order valence-corrected chi connectivity index (χ2v) is 34.8. The van der Waals surface area contributed by atoms with E-state index in [1.54, 1.807) is 50.6 Å². The van der Waals surface area contributed by atoms with Crippen LogP contribution in [-0.4, -0.2) is 234 Å². The molecule has 0 radical (unpaired) electrons. The second kappa shape index (κ2) is 28.0. The van der Waals surface area contributed by atoms with Crippen molar-refractivity contribution in [3.63, 3.8) is 0 Å². The molecule has 8 fully saturated rings. The molecule has 38 heteroatoms. The monoisotopic (exact) mass is 1610 g/mol. The van der Waals surface area contributed by atoms with E-state index in [2.05, 4.69) is 91.6 Å². The minimum atomic E-state index is -0.481. The van der Waals surface area contributed by atoms with E-state index < -0.39 is 22.4 Å². The summed E-state index contributed by atoms with van der Waals surface area (Å²) in [7, 11) is 1.74. The zero-order valence-electron chi connectivity index (χ0n) is 68.3. The summed E-state index contributed by atoms with van der Waals surface area (Å²) < 4.78 is 50.0. The number of hydrogen-bond acceptors (Lipinski definition) is 33. The highest BCUT2D eigenvalue weighted by Crippen LogP contribution is 2.48. The quantitative estimate of drug-likeness (QED) is 0.110. The van der Waals surface area contributed by atoms with Crippen LogP contribution in [0, 0.1) is 18.8 Å². The lowest BCUT2D eigenvalue weighted by Crippen LogP contribution is -2.62. The molecule has 0 aromatic carbocycles.